The van der Waals surface area contributed by atoms with Gasteiger partial charge in [-0.3, -0.25) is 9.78 Å². The van der Waals surface area contributed by atoms with Crippen LogP contribution in [-0.2, 0) is 19.0 Å². The number of aromatic nitrogens is 1. The van der Waals surface area contributed by atoms with Gasteiger partial charge in [-0.2, -0.15) is 18.4 Å². The molecule has 0 saturated carbocycles. The number of nitrogens with zero attached hydrogens (tertiary/aromatic N) is 2. The van der Waals surface area contributed by atoms with E-state index >= 15 is 0 Å². The summed E-state index contributed by atoms with van der Waals surface area (Å²) < 4.78 is 37.6. The Morgan fingerprint density at radius 1 is 1.20 bits per heavy atom. The van der Waals surface area contributed by atoms with Crippen LogP contribution in [0.5, 0.6) is 0 Å². The minimum atomic E-state index is -4.56. The Kier molecular flexibility index (Phi) is 4.21. The first-order chi connectivity index (χ1) is 11.8. The lowest BCUT2D eigenvalue weighted by molar-refractivity contribution is -0.141. The Hall–Kier alpha value is -2.88. The van der Waals surface area contributed by atoms with Crippen molar-refractivity contribution in [3.8, 4) is 6.07 Å². The number of carbonyl (C=O) groups is 1. The van der Waals surface area contributed by atoms with E-state index in [1.165, 1.54) is 0 Å². The number of aryl methyl sites for hydroxylation is 1. The highest BCUT2D eigenvalue weighted by atomic mass is 19.4. The zero-order valence-electron chi connectivity index (χ0n) is 13.1. The fraction of sp³-hybridized carbons (Fsp3) is 0.278. The van der Waals surface area contributed by atoms with E-state index in [1.807, 2.05) is 24.3 Å². The van der Waals surface area contributed by atoms with Gasteiger partial charge in [-0.25, -0.2) is 0 Å². The van der Waals surface area contributed by atoms with Crippen molar-refractivity contribution in [3.05, 3.63) is 65.0 Å². The van der Waals surface area contributed by atoms with Crippen molar-refractivity contribution >= 4 is 5.91 Å². The molecule has 1 heterocycles. The third-order valence-electron chi connectivity index (χ3n) is 4.31. The monoisotopic (exact) mass is 345 g/mol. The Bertz CT molecular complexity index is 840. The summed E-state index contributed by atoms with van der Waals surface area (Å²) in [6.07, 6.45) is -2.23. The van der Waals surface area contributed by atoms with Gasteiger partial charge < -0.3 is 5.32 Å². The molecule has 128 valence electrons. The lowest BCUT2D eigenvalue weighted by atomic mass is 9.78. The zero-order valence-corrected chi connectivity index (χ0v) is 13.1. The summed E-state index contributed by atoms with van der Waals surface area (Å²) in [4.78, 5) is 15.6. The fourth-order valence-corrected chi connectivity index (χ4v) is 2.95. The predicted molar refractivity (Wildman–Crippen MR) is 83.5 cm³/mol. The largest absolute Gasteiger partial charge is 0.433 e. The van der Waals surface area contributed by atoms with Crippen molar-refractivity contribution in [2.45, 2.75) is 31.0 Å². The van der Waals surface area contributed by atoms with Crippen molar-refractivity contribution in [1.82, 2.24) is 10.3 Å². The van der Waals surface area contributed by atoms with E-state index in [0.717, 1.165) is 29.5 Å². The molecule has 0 bridgehead atoms. The molecule has 0 spiro atoms. The molecule has 0 unspecified atom stereocenters. The molecule has 7 heteroatoms. The minimum Gasteiger partial charge on any atom is -0.333 e. The van der Waals surface area contributed by atoms with E-state index in [2.05, 4.69) is 16.4 Å². The average molecular weight is 345 g/mol. The first kappa shape index (κ1) is 17.0. The van der Waals surface area contributed by atoms with Crippen molar-refractivity contribution < 1.29 is 18.0 Å². The Balaban J connectivity index is 1.79. The molecule has 1 aromatic carbocycles. The van der Waals surface area contributed by atoms with Gasteiger partial charge in [0.05, 0.1) is 11.6 Å². The van der Waals surface area contributed by atoms with Crippen LogP contribution < -0.4 is 5.32 Å². The summed E-state index contributed by atoms with van der Waals surface area (Å²) in [7, 11) is 0. The Morgan fingerprint density at radius 2 is 1.92 bits per heavy atom. The molecule has 4 nitrogen and oxygen atoms in total. The molecule has 0 radical (unpaired) electrons. The van der Waals surface area contributed by atoms with Crippen molar-refractivity contribution in [3.63, 3.8) is 0 Å². The van der Waals surface area contributed by atoms with Crippen LogP contribution in [0.2, 0.25) is 0 Å². The zero-order chi connectivity index (χ0) is 18.1. The molecular formula is C18H14F3N3O. The van der Waals surface area contributed by atoms with Gasteiger partial charge in [-0.1, -0.05) is 24.3 Å². The second-order valence-corrected chi connectivity index (χ2v) is 6.02. The second kappa shape index (κ2) is 6.20. The van der Waals surface area contributed by atoms with Gasteiger partial charge in [-0.15, -0.1) is 0 Å². The molecular weight excluding hydrogens is 331 g/mol. The number of nitriles is 1. The number of carbonyl (C=O) groups excluding carboxylic acids is 1. The lowest BCUT2D eigenvalue weighted by Gasteiger charge is -2.33. The highest BCUT2D eigenvalue weighted by Crippen LogP contribution is 2.29. The molecule has 2 aromatic rings. The fourth-order valence-electron chi connectivity index (χ4n) is 2.95. The second-order valence-electron chi connectivity index (χ2n) is 6.02. The third-order valence-corrected chi connectivity index (χ3v) is 4.31. The van der Waals surface area contributed by atoms with E-state index in [0.29, 0.717) is 19.3 Å². The molecule has 1 aliphatic rings. The molecule has 1 atom stereocenters. The van der Waals surface area contributed by atoms with E-state index in [4.69, 9.17) is 0 Å². The number of halogens is 3. The molecule has 1 aromatic heterocycles. The van der Waals surface area contributed by atoms with Crippen LogP contribution in [0.3, 0.4) is 0 Å². The minimum absolute atomic E-state index is 0.0125. The van der Waals surface area contributed by atoms with Crippen LogP contribution in [0.4, 0.5) is 13.2 Å². The lowest BCUT2D eigenvalue weighted by Crippen LogP contribution is -2.51. The van der Waals surface area contributed by atoms with Gasteiger partial charge in [0, 0.05) is 12.6 Å². The number of fused-ring (bicyclic) bond motifs is 1. The van der Waals surface area contributed by atoms with E-state index in [-0.39, 0.29) is 5.56 Å². The van der Waals surface area contributed by atoms with Crippen LogP contribution >= 0.6 is 0 Å². The Labute approximate surface area is 142 Å². The third kappa shape index (κ3) is 3.48. The van der Waals surface area contributed by atoms with Gasteiger partial charge in [0.15, 0.2) is 0 Å². The first-order valence-corrected chi connectivity index (χ1v) is 7.67. The maximum Gasteiger partial charge on any atom is 0.433 e. The highest BCUT2D eigenvalue weighted by molar-refractivity contribution is 5.94. The SMILES string of the molecule is N#C[C@@]1(NC(=O)c2ccc(C(F)(F)F)nc2)CCc2ccccc2C1. The van der Waals surface area contributed by atoms with Gasteiger partial charge >= 0.3 is 6.18 Å². The van der Waals surface area contributed by atoms with Gasteiger partial charge in [0.25, 0.3) is 5.91 Å². The van der Waals surface area contributed by atoms with Crippen LogP contribution in [-0.4, -0.2) is 16.4 Å². The highest BCUT2D eigenvalue weighted by Gasteiger charge is 2.37. The molecule has 25 heavy (non-hydrogen) atoms. The van der Waals surface area contributed by atoms with Crippen LogP contribution in [0.1, 0.15) is 33.6 Å². The predicted octanol–water partition coefficient (Wildman–Crippen LogP) is 3.28. The van der Waals surface area contributed by atoms with Gasteiger partial charge in [-0.05, 0) is 36.1 Å². The van der Waals surface area contributed by atoms with Crippen LogP contribution in [0.25, 0.3) is 0 Å². The summed E-state index contributed by atoms with van der Waals surface area (Å²) in [6.45, 7) is 0. The molecule has 3 rings (SSSR count). The summed E-state index contributed by atoms with van der Waals surface area (Å²) >= 11 is 0. The first-order valence-electron chi connectivity index (χ1n) is 7.67. The maximum absolute atomic E-state index is 12.5. The van der Waals surface area contributed by atoms with Gasteiger partial charge in [0.2, 0.25) is 0 Å². The molecule has 1 aliphatic carbocycles. The normalized spacial score (nSPS) is 19.6. The number of alkyl halides is 3. The number of nitrogens with one attached hydrogen (secondary N) is 1. The van der Waals surface area contributed by atoms with Crippen LogP contribution in [0.15, 0.2) is 42.6 Å². The molecule has 0 fully saturated rings. The number of benzene rings is 1. The number of amides is 1. The average Bonchev–Trinajstić information content (AvgIpc) is 2.61. The molecule has 0 saturated heterocycles. The number of rotatable bonds is 2. The summed E-state index contributed by atoms with van der Waals surface area (Å²) in [5, 5.41) is 12.3. The van der Waals surface area contributed by atoms with E-state index in [9.17, 15) is 23.2 Å². The number of hydrogen-bond donors (Lipinski definition) is 1. The Morgan fingerprint density at radius 3 is 2.52 bits per heavy atom. The van der Waals surface area contributed by atoms with Crippen molar-refractivity contribution in [1.29, 1.82) is 5.26 Å². The quantitative estimate of drug-likeness (QED) is 0.908. The standard InChI is InChI=1S/C18H14F3N3O/c19-18(20,21)15-6-5-14(10-23-15)16(25)24-17(11-22)8-7-12-3-1-2-4-13(12)9-17/h1-6,10H,7-9H2,(H,24,25)/t17-/m1/s1. The summed E-state index contributed by atoms with van der Waals surface area (Å²) in [6, 6.07) is 11.7. The summed E-state index contributed by atoms with van der Waals surface area (Å²) in [5.74, 6) is -0.609. The van der Waals surface area contributed by atoms with E-state index < -0.39 is 23.3 Å². The maximum atomic E-state index is 12.5. The van der Waals surface area contributed by atoms with Gasteiger partial charge in [0.1, 0.15) is 11.2 Å². The number of hydrogen-bond acceptors (Lipinski definition) is 3. The summed E-state index contributed by atoms with van der Waals surface area (Å²) in [5.41, 5.74) is -0.0270. The van der Waals surface area contributed by atoms with E-state index in [1.54, 1.807) is 0 Å². The molecule has 1 amide bonds. The molecule has 1 N–H and O–H groups in total. The van der Waals surface area contributed by atoms with Crippen LogP contribution in [0, 0.1) is 11.3 Å². The molecule has 0 aliphatic heterocycles. The number of pyridine rings is 1. The smallest absolute Gasteiger partial charge is 0.333 e. The van der Waals surface area contributed by atoms with Crippen molar-refractivity contribution in [2.24, 2.45) is 0 Å². The topological polar surface area (TPSA) is 65.8 Å². The van der Waals surface area contributed by atoms with Crippen molar-refractivity contribution in [2.75, 3.05) is 0 Å².